The molecule has 5 heteroatoms. The second-order valence-electron chi connectivity index (χ2n) is 6.60. The van der Waals surface area contributed by atoms with Gasteiger partial charge in [0.25, 0.3) is 5.91 Å². The number of fused-ring (bicyclic) bond motifs is 1. The number of nitrogens with zero attached hydrogens (tertiary/aromatic N) is 1. The molecule has 0 spiro atoms. The highest BCUT2D eigenvalue weighted by molar-refractivity contribution is 6.07. The van der Waals surface area contributed by atoms with Crippen LogP contribution >= 0.6 is 0 Å². The second kappa shape index (κ2) is 7.04. The molecule has 0 bridgehead atoms. The number of amides is 1. The molecule has 3 aromatic rings. The lowest BCUT2D eigenvalue weighted by Crippen LogP contribution is -2.30. The summed E-state index contributed by atoms with van der Waals surface area (Å²) in [7, 11) is 0. The molecule has 1 aromatic heterocycles. The highest BCUT2D eigenvalue weighted by Gasteiger charge is 2.18. The summed E-state index contributed by atoms with van der Waals surface area (Å²) in [6.45, 7) is 1.98. The molecule has 26 heavy (non-hydrogen) atoms. The second-order valence-corrected chi connectivity index (χ2v) is 6.60. The summed E-state index contributed by atoms with van der Waals surface area (Å²) in [6, 6.07) is 15.0. The first-order valence-corrected chi connectivity index (χ1v) is 9.00. The number of pyridine rings is 1. The lowest BCUT2D eigenvalue weighted by molar-refractivity contribution is 0.102. The van der Waals surface area contributed by atoms with Crippen LogP contribution in [-0.2, 0) is 0 Å². The Balaban J connectivity index is 1.65. The third kappa shape index (κ3) is 3.08. The monoisotopic (exact) mass is 347 g/mol. The fourth-order valence-electron chi connectivity index (χ4n) is 3.52. The van der Waals surface area contributed by atoms with E-state index >= 15 is 0 Å². The largest absolute Gasteiger partial charge is 0.370 e. The normalized spacial score (nSPS) is 14.4. The molecular formula is C21H21N3O2. The zero-order valence-corrected chi connectivity index (χ0v) is 14.5. The Morgan fingerprint density at radius 3 is 2.54 bits per heavy atom. The van der Waals surface area contributed by atoms with Crippen molar-refractivity contribution in [1.29, 1.82) is 0 Å². The lowest BCUT2D eigenvalue weighted by atomic mass is 10.1. The molecule has 0 radical (unpaired) electrons. The highest BCUT2D eigenvalue weighted by Crippen LogP contribution is 2.28. The summed E-state index contributed by atoms with van der Waals surface area (Å²) < 4.78 is 0. The molecule has 2 N–H and O–H groups in total. The molecule has 0 aliphatic carbocycles. The van der Waals surface area contributed by atoms with E-state index in [1.165, 1.54) is 12.6 Å². The van der Waals surface area contributed by atoms with Gasteiger partial charge in [-0.2, -0.15) is 0 Å². The van der Waals surface area contributed by atoms with Gasteiger partial charge in [0.2, 0.25) is 5.43 Å². The Bertz CT molecular complexity index is 1000. The smallest absolute Gasteiger partial charge is 0.261 e. The zero-order chi connectivity index (χ0) is 17.9. The van der Waals surface area contributed by atoms with Crippen molar-refractivity contribution < 1.29 is 4.79 Å². The van der Waals surface area contributed by atoms with E-state index in [1.807, 2.05) is 36.4 Å². The number of hydrogen-bond acceptors (Lipinski definition) is 3. The molecule has 1 saturated heterocycles. The molecular weight excluding hydrogens is 326 g/mol. The topological polar surface area (TPSA) is 65.2 Å². The Hall–Kier alpha value is -3.08. The predicted molar refractivity (Wildman–Crippen MR) is 105 cm³/mol. The van der Waals surface area contributed by atoms with Gasteiger partial charge in [-0.3, -0.25) is 9.59 Å². The summed E-state index contributed by atoms with van der Waals surface area (Å²) in [5.41, 5.74) is 2.34. The van der Waals surface area contributed by atoms with E-state index in [2.05, 4.69) is 15.2 Å². The maximum absolute atomic E-state index is 12.8. The summed E-state index contributed by atoms with van der Waals surface area (Å²) in [6.07, 6.45) is 5.06. The summed E-state index contributed by atoms with van der Waals surface area (Å²) in [5.74, 6) is -0.388. The number of anilines is 2. The van der Waals surface area contributed by atoms with Crippen LogP contribution in [0.25, 0.3) is 10.9 Å². The number of hydrogen-bond donors (Lipinski definition) is 2. The van der Waals surface area contributed by atoms with Crippen LogP contribution in [0.15, 0.2) is 59.5 Å². The van der Waals surface area contributed by atoms with E-state index in [0.717, 1.165) is 42.8 Å². The van der Waals surface area contributed by atoms with E-state index in [4.69, 9.17) is 0 Å². The van der Waals surface area contributed by atoms with Crippen LogP contribution in [-0.4, -0.2) is 24.0 Å². The van der Waals surface area contributed by atoms with Gasteiger partial charge in [0, 0.05) is 30.2 Å². The molecule has 4 rings (SSSR count). The van der Waals surface area contributed by atoms with Crippen molar-refractivity contribution >= 4 is 28.2 Å². The van der Waals surface area contributed by atoms with E-state index in [-0.39, 0.29) is 16.9 Å². The molecule has 1 fully saturated rings. The molecule has 1 aliphatic rings. The van der Waals surface area contributed by atoms with Crippen molar-refractivity contribution in [3.63, 3.8) is 0 Å². The minimum Gasteiger partial charge on any atom is -0.370 e. The quantitative estimate of drug-likeness (QED) is 0.758. The SMILES string of the molecule is O=C(Nc1ccccc1N1CCCCC1)c1c[nH]c2ccccc2c1=O. The average Bonchev–Trinajstić information content (AvgIpc) is 2.69. The van der Waals surface area contributed by atoms with E-state index in [0.29, 0.717) is 5.39 Å². The minimum atomic E-state index is -0.388. The van der Waals surface area contributed by atoms with Crippen molar-refractivity contribution in [2.45, 2.75) is 19.3 Å². The molecule has 2 aromatic carbocycles. The van der Waals surface area contributed by atoms with Gasteiger partial charge in [-0.1, -0.05) is 24.3 Å². The predicted octanol–water partition coefficient (Wildman–Crippen LogP) is 3.77. The molecule has 2 heterocycles. The van der Waals surface area contributed by atoms with E-state index < -0.39 is 0 Å². The summed E-state index contributed by atoms with van der Waals surface area (Å²) in [5, 5.41) is 3.45. The summed E-state index contributed by atoms with van der Waals surface area (Å²) in [4.78, 5) is 30.7. The van der Waals surface area contributed by atoms with Gasteiger partial charge in [0.1, 0.15) is 5.56 Å². The van der Waals surface area contributed by atoms with E-state index in [1.54, 1.807) is 12.1 Å². The number of aromatic nitrogens is 1. The van der Waals surface area contributed by atoms with Crippen LogP contribution in [0, 0.1) is 0 Å². The third-order valence-corrected chi connectivity index (χ3v) is 4.88. The summed E-state index contributed by atoms with van der Waals surface area (Å²) >= 11 is 0. The van der Waals surface area contributed by atoms with Crippen LogP contribution in [0.2, 0.25) is 0 Å². The Morgan fingerprint density at radius 2 is 1.69 bits per heavy atom. The number of benzene rings is 2. The number of rotatable bonds is 3. The van der Waals surface area contributed by atoms with Crippen molar-refractivity contribution in [3.05, 3.63) is 70.5 Å². The number of aromatic amines is 1. The van der Waals surface area contributed by atoms with Crippen molar-refractivity contribution in [1.82, 2.24) is 4.98 Å². The highest BCUT2D eigenvalue weighted by atomic mass is 16.2. The number of piperidine rings is 1. The number of carbonyl (C=O) groups is 1. The number of carbonyl (C=O) groups excluding carboxylic acids is 1. The number of para-hydroxylation sites is 3. The molecule has 0 unspecified atom stereocenters. The third-order valence-electron chi connectivity index (χ3n) is 4.88. The van der Waals surface area contributed by atoms with Gasteiger partial charge in [-0.25, -0.2) is 0 Å². The van der Waals surface area contributed by atoms with Gasteiger partial charge >= 0.3 is 0 Å². The van der Waals surface area contributed by atoms with Crippen LogP contribution in [0.1, 0.15) is 29.6 Å². The van der Waals surface area contributed by atoms with Gasteiger partial charge in [0.05, 0.1) is 11.4 Å². The Kier molecular flexibility index (Phi) is 4.44. The van der Waals surface area contributed by atoms with Gasteiger partial charge < -0.3 is 15.2 Å². The molecule has 0 atom stereocenters. The average molecular weight is 347 g/mol. The minimum absolute atomic E-state index is 0.122. The number of H-pyrrole nitrogens is 1. The number of nitrogens with one attached hydrogen (secondary N) is 2. The van der Waals surface area contributed by atoms with Crippen LogP contribution < -0.4 is 15.6 Å². The van der Waals surface area contributed by atoms with Crippen LogP contribution in [0.5, 0.6) is 0 Å². The Morgan fingerprint density at radius 1 is 0.962 bits per heavy atom. The fourth-order valence-corrected chi connectivity index (χ4v) is 3.52. The van der Waals surface area contributed by atoms with Crippen molar-refractivity contribution in [3.8, 4) is 0 Å². The first-order valence-electron chi connectivity index (χ1n) is 9.00. The van der Waals surface area contributed by atoms with Crippen molar-refractivity contribution in [2.24, 2.45) is 0 Å². The van der Waals surface area contributed by atoms with Gasteiger partial charge in [-0.15, -0.1) is 0 Å². The molecule has 1 amide bonds. The first-order chi connectivity index (χ1) is 12.7. The van der Waals surface area contributed by atoms with Crippen LogP contribution in [0.3, 0.4) is 0 Å². The van der Waals surface area contributed by atoms with Gasteiger partial charge in [-0.05, 0) is 43.5 Å². The van der Waals surface area contributed by atoms with Crippen LogP contribution in [0.4, 0.5) is 11.4 Å². The fraction of sp³-hybridized carbons (Fsp3) is 0.238. The Labute approximate surface area is 151 Å². The zero-order valence-electron chi connectivity index (χ0n) is 14.5. The first kappa shape index (κ1) is 16.4. The van der Waals surface area contributed by atoms with E-state index in [9.17, 15) is 9.59 Å². The van der Waals surface area contributed by atoms with Crippen molar-refractivity contribution in [2.75, 3.05) is 23.3 Å². The van der Waals surface area contributed by atoms with Gasteiger partial charge in [0.15, 0.2) is 0 Å². The maximum Gasteiger partial charge on any atom is 0.261 e. The molecule has 1 aliphatic heterocycles. The molecule has 132 valence electrons. The standard InChI is InChI=1S/C21H21N3O2/c25-20-15-8-2-3-9-17(15)22-14-16(20)21(26)23-18-10-4-5-11-19(18)24-12-6-1-7-13-24/h2-5,8-11,14H,1,6-7,12-13H2,(H,22,25)(H,23,26). The molecule has 5 nitrogen and oxygen atoms in total. The molecule has 0 saturated carbocycles. The lowest BCUT2D eigenvalue weighted by Gasteiger charge is -2.30. The maximum atomic E-state index is 12.8.